The Bertz CT molecular complexity index is 890. The van der Waals surface area contributed by atoms with Crippen LogP contribution < -0.4 is 5.43 Å². The Kier molecular flexibility index (Phi) is 5.31. The van der Waals surface area contributed by atoms with E-state index < -0.39 is 0 Å². The number of rotatable bonds is 6. The number of H-pyrrole nitrogens is 1. The van der Waals surface area contributed by atoms with Crippen LogP contribution in [-0.2, 0) is 6.42 Å². The number of hydrogen-bond acceptors (Lipinski definition) is 4. The number of carbonyl (C=O) groups is 1. The van der Waals surface area contributed by atoms with Crippen LogP contribution in [-0.4, -0.2) is 21.8 Å². The van der Waals surface area contributed by atoms with Crippen LogP contribution >= 0.6 is 0 Å². The van der Waals surface area contributed by atoms with Gasteiger partial charge in [-0.1, -0.05) is 38.1 Å². The van der Waals surface area contributed by atoms with E-state index in [0.29, 0.717) is 23.1 Å². The molecule has 2 N–H and O–H groups in total. The number of furan rings is 1. The van der Waals surface area contributed by atoms with E-state index in [1.165, 1.54) is 5.56 Å². The van der Waals surface area contributed by atoms with Crippen molar-refractivity contribution in [1.29, 1.82) is 0 Å². The first-order valence-corrected chi connectivity index (χ1v) is 8.56. The Hall–Kier alpha value is -3.15. The monoisotopic (exact) mass is 350 g/mol. The van der Waals surface area contributed by atoms with Gasteiger partial charge in [-0.3, -0.25) is 9.89 Å². The van der Waals surface area contributed by atoms with Crippen LogP contribution in [0.3, 0.4) is 0 Å². The second-order valence-corrected chi connectivity index (χ2v) is 6.58. The molecule has 0 aliphatic heterocycles. The van der Waals surface area contributed by atoms with Crippen molar-refractivity contribution in [3.05, 3.63) is 65.7 Å². The molecule has 0 atom stereocenters. The molecular formula is C20H22N4O2. The zero-order chi connectivity index (χ0) is 18.5. The Morgan fingerprint density at radius 2 is 2.04 bits per heavy atom. The highest BCUT2D eigenvalue weighted by Crippen LogP contribution is 2.19. The summed E-state index contributed by atoms with van der Waals surface area (Å²) in [7, 11) is 0. The third-order valence-electron chi connectivity index (χ3n) is 3.92. The minimum atomic E-state index is -0.355. The molecule has 1 amide bonds. The quantitative estimate of drug-likeness (QED) is 0.520. The first-order valence-electron chi connectivity index (χ1n) is 8.56. The molecule has 0 saturated heterocycles. The molecule has 0 fully saturated rings. The molecule has 26 heavy (non-hydrogen) atoms. The Morgan fingerprint density at radius 1 is 1.27 bits per heavy atom. The minimum absolute atomic E-state index is 0.349. The van der Waals surface area contributed by atoms with Crippen LogP contribution in [0, 0.1) is 5.92 Å². The first kappa shape index (κ1) is 17.7. The van der Waals surface area contributed by atoms with Crippen molar-refractivity contribution in [3.63, 3.8) is 0 Å². The lowest BCUT2D eigenvalue weighted by Gasteiger charge is -2.05. The van der Waals surface area contributed by atoms with Gasteiger partial charge in [0.2, 0.25) is 0 Å². The molecule has 134 valence electrons. The van der Waals surface area contributed by atoms with Crippen LogP contribution in [0.15, 0.2) is 58.2 Å². The summed E-state index contributed by atoms with van der Waals surface area (Å²) in [5, 5.41) is 11.0. The first-order chi connectivity index (χ1) is 12.5. The fraction of sp³-hybridized carbons (Fsp3) is 0.250. The lowest BCUT2D eigenvalue weighted by atomic mass is 10.0. The van der Waals surface area contributed by atoms with Crippen LogP contribution in [0.1, 0.15) is 42.6 Å². The Labute approximate surface area is 152 Å². The zero-order valence-electron chi connectivity index (χ0n) is 15.1. The van der Waals surface area contributed by atoms with Gasteiger partial charge in [-0.25, -0.2) is 5.43 Å². The van der Waals surface area contributed by atoms with Crippen molar-refractivity contribution in [2.75, 3.05) is 0 Å². The maximum atomic E-state index is 12.2. The SMILES string of the molecule is C/C(=N/NC(=O)c1cc(-c2ccc(CC(C)C)cc2)n[nH]1)c1ccco1. The van der Waals surface area contributed by atoms with Crippen molar-refractivity contribution in [3.8, 4) is 11.3 Å². The van der Waals surface area contributed by atoms with Gasteiger partial charge in [-0.05, 0) is 43.0 Å². The third-order valence-corrected chi connectivity index (χ3v) is 3.92. The lowest BCUT2D eigenvalue weighted by Crippen LogP contribution is -2.19. The zero-order valence-corrected chi connectivity index (χ0v) is 15.1. The number of nitrogens with one attached hydrogen (secondary N) is 2. The van der Waals surface area contributed by atoms with Crippen molar-refractivity contribution in [1.82, 2.24) is 15.6 Å². The van der Waals surface area contributed by atoms with E-state index in [1.54, 1.807) is 31.4 Å². The van der Waals surface area contributed by atoms with Crippen LogP contribution in [0.2, 0.25) is 0 Å². The maximum Gasteiger partial charge on any atom is 0.289 e. The predicted molar refractivity (Wildman–Crippen MR) is 101 cm³/mol. The van der Waals surface area contributed by atoms with E-state index in [9.17, 15) is 4.79 Å². The standard InChI is InChI=1S/C20H22N4O2/c1-13(2)11-15-6-8-16(9-7-15)17-12-18(23-22-17)20(25)24-21-14(3)19-5-4-10-26-19/h4-10,12-13H,11H2,1-3H3,(H,22,23)(H,24,25)/b21-14-. The van der Waals surface area contributed by atoms with E-state index in [1.807, 2.05) is 12.1 Å². The normalized spacial score (nSPS) is 11.8. The number of benzene rings is 1. The highest BCUT2D eigenvalue weighted by atomic mass is 16.3. The van der Waals surface area contributed by atoms with Gasteiger partial charge in [0, 0.05) is 5.56 Å². The minimum Gasteiger partial charge on any atom is -0.463 e. The van der Waals surface area contributed by atoms with Gasteiger partial charge < -0.3 is 4.42 Å². The van der Waals surface area contributed by atoms with Crippen molar-refractivity contribution < 1.29 is 9.21 Å². The van der Waals surface area contributed by atoms with Crippen molar-refractivity contribution >= 4 is 11.6 Å². The molecule has 2 aromatic heterocycles. The van der Waals surface area contributed by atoms with E-state index in [4.69, 9.17) is 4.42 Å². The molecule has 3 rings (SSSR count). The molecule has 0 radical (unpaired) electrons. The highest BCUT2D eigenvalue weighted by Gasteiger charge is 2.11. The van der Waals surface area contributed by atoms with E-state index >= 15 is 0 Å². The summed E-state index contributed by atoms with van der Waals surface area (Å²) in [5.41, 5.74) is 6.41. The highest BCUT2D eigenvalue weighted by molar-refractivity contribution is 5.98. The number of carbonyl (C=O) groups excluding carboxylic acids is 1. The number of nitrogens with zero attached hydrogens (tertiary/aromatic N) is 2. The van der Waals surface area contributed by atoms with Crippen molar-refractivity contribution in [2.24, 2.45) is 11.0 Å². The van der Waals surface area contributed by atoms with Gasteiger partial charge >= 0.3 is 0 Å². The third kappa shape index (κ3) is 4.27. The summed E-state index contributed by atoms with van der Waals surface area (Å²) in [6.45, 7) is 6.15. The summed E-state index contributed by atoms with van der Waals surface area (Å²) < 4.78 is 5.23. The fourth-order valence-electron chi connectivity index (χ4n) is 2.60. The van der Waals surface area contributed by atoms with E-state index in [0.717, 1.165) is 17.7 Å². The summed E-state index contributed by atoms with van der Waals surface area (Å²) in [6, 6.07) is 13.5. The molecule has 0 aliphatic rings. The molecule has 3 aromatic rings. The summed E-state index contributed by atoms with van der Waals surface area (Å²) in [6.07, 6.45) is 2.60. The topological polar surface area (TPSA) is 83.3 Å². The summed E-state index contributed by atoms with van der Waals surface area (Å²) in [5.74, 6) is 0.870. The van der Waals surface area contributed by atoms with E-state index in [2.05, 4.69) is 46.7 Å². The van der Waals surface area contributed by atoms with Gasteiger partial charge in [0.05, 0.1) is 12.0 Å². The van der Waals surface area contributed by atoms with Crippen LogP contribution in [0.4, 0.5) is 0 Å². The maximum absolute atomic E-state index is 12.2. The summed E-state index contributed by atoms with van der Waals surface area (Å²) >= 11 is 0. The van der Waals surface area contributed by atoms with Gasteiger partial charge in [0.1, 0.15) is 17.2 Å². The summed E-state index contributed by atoms with van der Waals surface area (Å²) in [4.78, 5) is 12.2. The largest absolute Gasteiger partial charge is 0.463 e. The molecule has 6 nitrogen and oxygen atoms in total. The average molecular weight is 350 g/mol. The fourth-order valence-corrected chi connectivity index (χ4v) is 2.60. The van der Waals surface area contributed by atoms with Gasteiger partial charge in [0.25, 0.3) is 5.91 Å². The molecule has 1 aromatic carbocycles. The second-order valence-electron chi connectivity index (χ2n) is 6.58. The number of hydrazone groups is 1. The number of aromatic amines is 1. The van der Waals surface area contributed by atoms with Gasteiger partial charge in [0.15, 0.2) is 0 Å². The number of amides is 1. The molecule has 2 heterocycles. The van der Waals surface area contributed by atoms with Crippen LogP contribution in [0.25, 0.3) is 11.3 Å². The molecule has 0 saturated carbocycles. The average Bonchev–Trinajstić information content (AvgIpc) is 3.31. The lowest BCUT2D eigenvalue weighted by molar-refractivity contribution is 0.0950. The molecule has 0 aliphatic carbocycles. The predicted octanol–water partition coefficient (Wildman–Crippen LogP) is 4.02. The van der Waals surface area contributed by atoms with Gasteiger partial charge in [-0.2, -0.15) is 10.2 Å². The molecule has 0 spiro atoms. The second kappa shape index (κ2) is 7.82. The number of hydrogen-bond donors (Lipinski definition) is 2. The molecule has 0 unspecified atom stereocenters. The van der Waals surface area contributed by atoms with Crippen LogP contribution in [0.5, 0.6) is 0 Å². The molecule has 6 heteroatoms. The molecular weight excluding hydrogens is 328 g/mol. The number of aromatic nitrogens is 2. The smallest absolute Gasteiger partial charge is 0.289 e. The molecule has 0 bridgehead atoms. The Morgan fingerprint density at radius 3 is 2.69 bits per heavy atom. The van der Waals surface area contributed by atoms with Gasteiger partial charge in [-0.15, -0.1) is 0 Å². The Balaban J connectivity index is 1.67. The van der Waals surface area contributed by atoms with Crippen molar-refractivity contribution in [2.45, 2.75) is 27.2 Å². The van der Waals surface area contributed by atoms with E-state index in [-0.39, 0.29) is 5.91 Å².